The van der Waals surface area contributed by atoms with Gasteiger partial charge in [-0.05, 0) is 48.7 Å². The lowest BCUT2D eigenvalue weighted by Crippen LogP contribution is -2.32. The Balaban J connectivity index is 1.28. The average molecular weight is 402 g/mol. The second-order valence-electron chi connectivity index (χ2n) is 7.39. The Labute approximate surface area is 173 Å². The van der Waals surface area contributed by atoms with Crippen molar-refractivity contribution in [3.05, 3.63) is 60.6 Å². The van der Waals surface area contributed by atoms with E-state index >= 15 is 0 Å². The normalized spacial score (nSPS) is 13.8. The van der Waals surface area contributed by atoms with Gasteiger partial charge in [-0.15, -0.1) is 0 Å². The van der Waals surface area contributed by atoms with Crippen molar-refractivity contribution in [1.29, 1.82) is 0 Å². The highest BCUT2D eigenvalue weighted by atomic mass is 16.5. The van der Waals surface area contributed by atoms with Crippen LogP contribution < -0.4 is 4.74 Å². The smallest absolute Gasteiger partial charge is 0.260 e. The fraction of sp³-hybridized carbons (Fsp3) is 0.273. The average Bonchev–Trinajstić information content (AvgIpc) is 3.52. The number of ether oxygens (including phenoxy) is 1. The van der Waals surface area contributed by atoms with Gasteiger partial charge in [0.05, 0.1) is 12.7 Å². The standard InChI is InChI=1S/C22H22N6O2/c29-20(27-10-1-2-11-27)15-30-18-7-5-17(6-8-18)21-25-19-13-24-28(22(19)26-21)14-16-4-3-9-23-12-16/h3-9,12-13H,1-2,10-11,14-15H2,(H,25,26). The number of carbonyl (C=O) groups is 1. The van der Waals surface area contributed by atoms with Crippen LogP contribution in [0.4, 0.5) is 0 Å². The molecule has 0 radical (unpaired) electrons. The van der Waals surface area contributed by atoms with Crippen LogP contribution in [-0.2, 0) is 11.3 Å². The van der Waals surface area contributed by atoms with Crippen LogP contribution in [-0.4, -0.2) is 55.2 Å². The van der Waals surface area contributed by atoms with Gasteiger partial charge in [-0.3, -0.25) is 9.78 Å². The molecule has 4 aromatic rings. The quantitative estimate of drug-likeness (QED) is 0.536. The number of likely N-dealkylation sites (tertiary alicyclic amines) is 1. The van der Waals surface area contributed by atoms with Crippen LogP contribution in [0.3, 0.4) is 0 Å². The molecule has 0 atom stereocenters. The number of H-pyrrole nitrogens is 1. The number of carbonyl (C=O) groups excluding carboxylic acids is 1. The molecular weight excluding hydrogens is 380 g/mol. The third-order valence-electron chi connectivity index (χ3n) is 5.29. The molecule has 3 aromatic heterocycles. The third-order valence-corrected chi connectivity index (χ3v) is 5.29. The van der Waals surface area contributed by atoms with E-state index in [1.807, 2.05) is 52.2 Å². The molecule has 8 heteroatoms. The lowest BCUT2D eigenvalue weighted by molar-refractivity contribution is -0.132. The molecule has 152 valence electrons. The monoisotopic (exact) mass is 402 g/mol. The van der Waals surface area contributed by atoms with Crippen LogP contribution in [0.2, 0.25) is 0 Å². The van der Waals surface area contributed by atoms with Crippen LogP contribution in [0, 0.1) is 0 Å². The zero-order chi connectivity index (χ0) is 20.3. The maximum Gasteiger partial charge on any atom is 0.260 e. The number of benzene rings is 1. The molecule has 1 fully saturated rings. The van der Waals surface area contributed by atoms with E-state index in [0.717, 1.165) is 54.0 Å². The molecule has 0 aliphatic carbocycles. The van der Waals surface area contributed by atoms with Gasteiger partial charge in [0.1, 0.15) is 17.1 Å². The molecule has 0 bridgehead atoms. The van der Waals surface area contributed by atoms with Gasteiger partial charge >= 0.3 is 0 Å². The number of hydrogen-bond acceptors (Lipinski definition) is 5. The Hall–Kier alpha value is -3.68. The molecule has 1 aromatic carbocycles. The molecule has 0 spiro atoms. The largest absolute Gasteiger partial charge is 0.484 e. The summed E-state index contributed by atoms with van der Waals surface area (Å²) in [6, 6.07) is 11.5. The van der Waals surface area contributed by atoms with Crippen LogP contribution >= 0.6 is 0 Å². The number of aromatic amines is 1. The van der Waals surface area contributed by atoms with Crippen molar-refractivity contribution in [1.82, 2.24) is 29.6 Å². The Morgan fingerprint density at radius 1 is 1.10 bits per heavy atom. The highest BCUT2D eigenvalue weighted by Gasteiger charge is 2.18. The number of imidazole rings is 1. The Bertz CT molecular complexity index is 1140. The van der Waals surface area contributed by atoms with Gasteiger partial charge in [0.15, 0.2) is 12.3 Å². The van der Waals surface area contributed by atoms with Crippen molar-refractivity contribution in [3.63, 3.8) is 0 Å². The van der Waals surface area contributed by atoms with Crippen molar-refractivity contribution in [2.45, 2.75) is 19.4 Å². The lowest BCUT2D eigenvalue weighted by Gasteiger charge is -2.15. The first-order valence-electron chi connectivity index (χ1n) is 10.1. The molecular formula is C22H22N6O2. The van der Waals surface area contributed by atoms with Crippen LogP contribution in [0.25, 0.3) is 22.6 Å². The van der Waals surface area contributed by atoms with Crippen LogP contribution in [0.5, 0.6) is 5.75 Å². The molecule has 8 nitrogen and oxygen atoms in total. The van der Waals surface area contributed by atoms with E-state index < -0.39 is 0 Å². The van der Waals surface area contributed by atoms with E-state index in [0.29, 0.717) is 12.3 Å². The first-order valence-corrected chi connectivity index (χ1v) is 10.1. The number of hydrogen-bond donors (Lipinski definition) is 1. The van der Waals surface area contributed by atoms with E-state index in [2.05, 4.69) is 15.1 Å². The number of nitrogens with zero attached hydrogens (tertiary/aromatic N) is 5. The highest BCUT2D eigenvalue weighted by Crippen LogP contribution is 2.23. The van der Waals surface area contributed by atoms with E-state index in [4.69, 9.17) is 9.72 Å². The van der Waals surface area contributed by atoms with Gasteiger partial charge in [0.25, 0.3) is 5.91 Å². The minimum atomic E-state index is 0.0482. The Morgan fingerprint density at radius 2 is 1.93 bits per heavy atom. The van der Waals surface area contributed by atoms with Crippen LogP contribution in [0.15, 0.2) is 55.0 Å². The zero-order valence-corrected chi connectivity index (χ0v) is 16.5. The topological polar surface area (TPSA) is 88.9 Å². The molecule has 4 heterocycles. The number of amides is 1. The summed E-state index contributed by atoms with van der Waals surface area (Å²) in [5, 5.41) is 4.41. The molecule has 1 aliphatic rings. The molecule has 0 saturated carbocycles. The van der Waals surface area contributed by atoms with Gasteiger partial charge in [-0.25, -0.2) is 9.67 Å². The molecule has 30 heavy (non-hydrogen) atoms. The molecule has 5 rings (SSSR count). The third kappa shape index (κ3) is 3.76. The minimum Gasteiger partial charge on any atom is -0.484 e. The molecule has 1 amide bonds. The summed E-state index contributed by atoms with van der Waals surface area (Å²) in [5.41, 5.74) is 3.69. The second kappa shape index (κ2) is 7.98. The predicted octanol–water partition coefficient (Wildman–Crippen LogP) is 2.87. The van der Waals surface area contributed by atoms with Gasteiger partial charge in [0, 0.05) is 31.0 Å². The number of rotatable bonds is 6. The number of nitrogens with one attached hydrogen (secondary N) is 1. The SMILES string of the molecule is O=C(COc1ccc(-c2nc3c(cnn3Cc3cccnc3)[nH]2)cc1)N1CCCC1. The van der Waals surface area contributed by atoms with E-state index in [1.54, 1.807) is 12.4 Å². The van der Waals surface area contributed by atoms with Gasteiger partial charge in [0.2, 0.25) is 0 Å². The lowest BCUT2D eigenvalue weighted by atomic mass is 10.2. The Kier molecular flexibility index (Phi) is 4.88. The predicted molar refractivity (Wildman–Crippen MR) is 112 cm³/mol. The summed E-state index contributed by atoms with van der Waals surface area (Å²) in [6.07, 6.45) is 7.53. The minimum absolute atomic E-state index is 0.0482. The van der Waals surface area contributed by atoms with Gasteiger partial charge < -0.3 is 14.6 Å². The summed E-state index contributed by atoms with van der Waals surface area (Å²) in [5.74, 6) is 1.49. The maximum absolute atomic E-state index is 12.1. The summed E-state index contributed by atoms with van der Waals surface area (Å²) in [6.45, 7) is 2.37. The Morgan fingerprint density at radius 3 is 2.70 bits per heavy atom. The summed E-state index contributed by atoms with van der Waals surface area (Å²) in [4.78, 5) is 26.2. The molecule has 0 unspecified atom stereocenters. The molecule has 1 aliphatic heterocycles. The highest BCUT2D eigenvalue weighted by molar-refractivity contribution is 5.78. The van der Waals surface area contributed by atoms with Crippen molar-refractivity contribution >= 4 is 17.1 Å². The number of fused-ring (bicyclic) bond motifs is 1. The zero-order valence-electron chi connectivity index (χ0n) is 16.5. The van der Waals surface area contributed by atoms with Crippen molar-refractivity contribution in [3.8, 4) is 17.1 Å². The molecule has 1 N–H and O–H groups in total. The van der Waals surface area contributed by atoms with Gasteiger partial charge in [-0.1, -0.05) is 6.07 Å². The van der Waals surface area contributed by atoms with Crippen molar-refractivity contribution in [2.24, 2.45) is 0 Å². The van der Waals surface area contributed by atoms with E-state index in [9.17, 15) is 4.79 Å². The van der Waals surface area contributed by atoms with Gasteiger partial charge in [-0.2, -0.15) is 5.10 Å². The summed E-state index contributed by atoms with van der Waals surface area (Å²) < 4.78 is 7.51. The first-order chi connectivity index (χ1) is 14.8. The summed E-state index contributed by atoms with van der Waals surface area (Å²) in [7, 11) is 0. The van der Waals surface area contributed by atoms with E-state index in [1.165, 1.54) is 0 Å². The maximum atomic E-state index is 12.1. The fourth-order valence-corrected chi connectivity index (χ4v) is 3.68. The summed E-state index contributed by atoms with van der Waals surface area (Å²) >= 11 is 0. The number of aromatic nitrogens is 5. The first kappa shape index (κ1) is 18.4. The van der Waals surface area contributed by atoms with Crippen LogP contribution in [0.1, 0.15) is 18.4 Å². The van der Waals surface area contributed by atoms with Crippen molar-refractivity contribution < 1.29 is 9.53 Å². The number of pyridine rings is 1. The second-order valence-corrected chi connectivity index (χ2v) is 7.39. The van der Waals surface area contributed by atoms with Crippen molar-refractivity contribution in [2.75, 3.05) is 19.7 Å². The fourth-order valence-electron chi connectivity index (χ4n) is 3.68. The van der Waals surface area contributed by atoms with E-state index in [-0.39, 0.29) is 12.5 Å². The molecule has 1 saturated heterocycles.